The minimum atomic E-state index is -0.0530. The first-order valence-electron chi connectivity index (χ1n) is 8.44. The van der Waals surface area contributed by atoms with Crippen molar-refractivity contribution in [3.63, 3.8) is 0 Å². The Hall–Kier alpha value is -0.530. The van der Waals surface area contributed by atoms with Crippen LogP contribution in [0.3, 0.4) is 0 Å². The summed E-state index contributed by atoms with van der Waals surface area (Å²) < 4.78 is 5.38. The minimum absolute atomic E-state index is 0.0530. The van der Waals surface area contributed by atoms with Gasteiger partial charge in [0.1, 0.15) is 6.10 Å². The van der Waals surface area contributed by atoms with E-state index in [4.69, 9.17) is 4.74 Å². The number of carbonyl (C=O) groups excluding carboxylic acids is 1. The van der Waals surface area contributed by atoms with Crippen LogP contribution in [0.15, 0.2) is 0 Å². The Labute approximate surface area is 120 Å². The van der Waals surface area contributed by atoms with Gasteiger partial charge in [0.25, 0.3) is 0 Å². The maximum Gasteiger partial charge on any atom is 0.305 e. The van der Waals surface area contributed by atoms with E-state index < -0.39 is 0 Å². The van der Waals surface area contributed by atoms with Crippen molar-refractivity contribution in [2.45, 2.75) is 104 Å². The van der Waals surface area contributed by atoms with Gasteiger partial charge in [-0.15, -0.1) is 0 Å². The molecule has 0 saturated heterocycles. The van der Waals surface area contributed by atoms with Crippen molar-refractivity contribution in [2.24, 2.45) is 0 Å². The number of esters is 1. The van der Waals surface area contributed by atoms with Crippen LogP contribution in [-0.4, -0.2) is 12.1 Å². The highest BCUT2D eigenvalue weighted by molar-refractivity contribution is 5.69. The minimum Gasteiger partial charge on any atom is -0.462 e. The molecular formula is C17H34O2. The lowest BCUT2D eigenvalue weighted by Crippen LogP contribution is -2.16. The van der Waals surface area contributed by atoms with Crippen LogP contribution in [0.5, 0.6) is 0 Å². The van der Waals surface area contributed by atoms with E-state index in [1.54, 1.807) is 0 Å². The van der Waals surface area contributed by atoms with Crippen molar-refractivity contribution in [3.8, 4) is 0 Å². The van der Waals surface area contributed by atoms with E-state index in [2.05, 4.69) is 13.8 Å². The van der Waals surface area contributed by atoms with Gasteiger partial charge in [0.05, 0.1) is 0 Å². The van der Waals surface area contributed by atoms with Crippen molar-refractivity contribution < 1.29 is 9.53 Å². The standard InChI is InChI=1S/C17H34O2/c1-4-7-8-9-10-11-12-13-14-15-16(5-2)19-17(18)6-3/h16H,4-15H2,1-3H3. The second-order valence-electron chi connectivity index (χ2n) is 5.49. The molecule has 0 spiro atoms. The zero-order chi connectivity index (χ0) is 14.3. The van der Waals surface area contributed by atoms with Crippen LogP contribution < -0.4 is 0 Å². The average Bonchev–Trinajstić information content (AvgIpc) is 2.43. The summed E-state index contributed by atoms with van der Waals surface area (Å²) in [4.78, 5) is 11.2. The molecule has 0 fully saturated rings. The maximum atomic E-state index is 11.2. The molecule has 1 unspecified atom stereocenters. The van der Waals surface area contributed by atoms with Crippen molar-refractivity contribution in [1.29, 1.82) is 0 Å². The summed E-state index contributed by atoms with van der Waals surface area (Å²) in [6, 6.07) is 0. The van der Waals surface area contributed by atoms with Gasteiger partial charge in [0.2, 0.25) is 0 Å². The van der Waals surface area contributed by atoms with Crippen LogP contribution >= 0.6 is 0 Å². The third kappa shape index (κ3) is 12.3. The molecule has 0 bridgehead atoms. The molecule has 0 saturated carbocycles. The zero-order valence-electron chi connectivity index (χ0n) is 13.4. The van der Waals surface area contributed by atoms with Crippen LogP contribution in [0.2, 0.25) is 0 Å². The monoisotopic (exact) mass is 270 g/mol. The zero-order valence-corrected chi connectivity index (χ0v) is 13.4. The first-order valence-corrected chi connectivity index (χ1v) is 8.44. The molecule has 0 N–H and O–H groups in total. The first kappa shape index (κ1) is 18.5. The number of carbonyl (C=O) groups is 1. The molecule has 0 amide bonds. The summed E-state index contributed by atoms with van der Waals surface area (Å²) in [6.45, 7) is 6.21. The largest absolute Gasteiger partial charge is 0.462 e. The molecule has 0 heterocycles. The van der Waals surface area contributed by atoms with Crippen LogP contribution in [0.4, 0.5) is 0 Å². The summed E-state index contributed by atoms with van der Waals surface area (Å²) in [7, 11) is 0. The highest BCUT2D eigenvalue weighted by Gasteiger charge is 2.10. The summed E-state index contributed by atoms with van der Waals surface area (Å²) in [5.74, 6) is -0.0530. The normalized spacial score (nSPS) is 12.4. The van der Waals surface area contributed by atoms with Crippen molar-refractivity contribution in [1.82, 2.24) is 0 Å². The van der Waals surface area contributed by atoms with Crippen LogP contribution in [-0.2, 0) is 9.53 Å². The lowest BCUT2D eigenvalue weighted by molar-refractivity contribution is -0.149. The topological polar surface area (TPSA) is 26.3 Å². The molecule has 0 aliphatic carbocycles. The predicted molar refractivity (Wildman–Crippen MR) is 82.3 cm³/mol. The molecular weight excluding hydrogens is 236 g/mol. The van der Waals surface area contributed by atoms with Gasteiger partial charge in [-0.1, -0.05) is 72.1 Å². The molecule has 19 heavy (non-hydrogen) atoms. The van der Waals surface area contributed by atoms with Gasteiger partial charge in [-0.2, -0.15) is 0 Å². The van der Waals surface area contributed by atoms with Gasteiger partial charge in [0, 0.05) is 6.42 Å². The molecule has 0 rings (SSSR count). The van der Waals surface area contributed by atoms with E-state index in [9.17, 15) is 4.79 Å². The van der Waals surface area contributed by atoms with Gasteiger partial charge in [-0.05, 0) is 19.3 Å². The molecule has 0 aliphatic heterocycles. The quantitative estimate of drug-likeness (QED) is 0.320. The Morgan fingerprint density at radius 2 is 1.37 bits per heavy atom. The molecule has 1 atom stereocenters. The van der Waals surface area contributed by atoms with Gasteiger partial charge in [-0.25, -0.2) is 0 Å². The lowest BCUT2D eigenvalue weighted by Gasteiger charge is -2.15. The van der Waals surface area contributed by atoms with E-state index in [0.717, 1.165) is 12.8 Å². The Bertz CT molecular complexity index is 201. The van der Waals surface area contributed by atoms with Gasteiger partial charge < -0.3 is 4.74 Å². The maximum absolute atomic E-state index is 11.2. The van der Waals surface area contributed by atoms with Gasteiger partial charge in [0.15, 0.2) is 0 Å². The van der Waals surface area contributed by atoms with E-state index in [-0.39, 0.29) is 12.1 Å². The summed E-state index contributed by atoms with van der Waals surface area (Å²) >= 11 is 0. The number of ether oxygens (including phenoxy) is 1. The van der Waals surface area contributed by atoms with Crippen LogP contribution in [0.1, 0.15) is 97.8 Å². The van der Waals surface area contributed by atoms with Crippen molar-refractivity contribution >= 4 is 5.97 Å². The summed E-state index contributed by atoms with van der Waals surface area (Å²) in [6.07, 6.45) is 14.7. The van der Waals surface area contributed by atoms with Crippen LogP contribution in [0.25, 0.3) is 0 Å². The molecule has 0 aromatic heterocycles. The summed E-state index contributed by atoms with van der Waals surface area (Å²) in [5.41, 5.74) is 0. The molecule has 0 radical (unpaired) electrons. The van der Waals surface area contributed by atoms with Crippen molar-refractivity contribution in [2.75, 3.05) is 0 Å². The third-order valence-corrected chi connectivity index (χ3v) is 3.67. The Kier molecular flexibility index (Phi) is 13.5. The predicted octanol–water partition coefficient (Wildman–Crippen LogP) is 5.64. The average molecular weight is 270 g/mol. The number of rotatable bonds is 13. The second kappa shape index (κ2) is 13.9. The molecule has 2 nitrogen and oxygen atoms in total. The third-order valence-electron chi connectivity index (χ3n) is 3.67. The Morgan fingerprint density at radius 1 is 0.842 bits per heavy atom. The smallest absolute Gasteiger partial charge is 0.305 e. The van der Waals surface area contributed by atoms with E-state index >= 15 is 0 Å². The molecule has 114 valence electrons. The fourth-order valence-electron chi connectivity index (χ4n) is 2.30. The Morgan fingerprint density at radius 3 is 1.84 bits per heavy atom. The number of hydrogen-bond donors (Lipinski definition) is 0. The molecule has 0 aromatic rings. The summed E-state index contributed by atoms with van der Waals surface area (Å²) in [5, 5.41) is 0. The highest BCUT2D eigenvalue weighted by atomic mass is 16.5. The van der Waals surface area contributed by atoms with E-state index in [1.807, 2.05) is 6.92 Å². The second-order valence-corrected chi connectivity index (χ2v) is 5.49. The fraction of sp³-hybridized carbons (Fsp3) is 0.941. The Balaban J connectivity index is 3.33. The number of hydrogen-bond acceptors (Lipinski definition) is 2. The SMILES string of the molecule is CCCCCCCCCCCC(CC)OC(=O)CC. The molecule has 0 aliphatic rings. The van der Waals surface area contributed by atoms with E-state index in [0.29, 0.717) is 6.42 Å². The fourth-order valence-corrected chi connectivity index (χ4v) is 2.30. The van der Waals surface area contributed by atoms with Crippen LogP contribution in [0, 0.1) is 0 Å². The molecule has 2 heteroatoms. The number of unbranched alkanes of at least 4 members (excludes halogenated alkanes) is 8. The molecule has 0 aromatic carbocycles. The first-order chi connectivity index (χ1) is 9.24. The van der Waals surface area contributed by atoms with Gasteiger partial charge >= 0.3 is 5.97 Å². The van der Waals surface area contributed by atoms with E-state index in [1.165, 1.54) is 57.8 Å². The highest BCUT2D eigenvalue weighted by Crippen LogP contribution is 2.14. The van der Waals surface area contributed by atoms with Crippen molar-refractivity contribution in [3.05, 3.63) is 0 Å². The lowest BCUT2D eigenvalue weighted by atomic mass is 10.0. The van der Waals surface area contributed by atoms with Gasteiger partial charge in [-0.3, -0.25) is 4.79 Å².